The third-order valence-electron chi connectivity index (χ3n) is 3.40. The van der Waals surface area contributed by atoms with Crippen molar-refractivity contribution in [2.45, 2.75) is 38.3 Å². The van der Waals surface area contributed by atoms with E-state index in [0.29, 0.717) is 12.5 Å². The second-order valence-corrected chi connectivity index (χ2v) is 5.75. The van der Waals surface area contributed by atoms with Gasteiger partial charge in [0.2, 0.25) is 0 Å². The summed E-state index contributed by atoms with van der Waals surface area (Å²) in [5.74, 6) is 0.627. The molecule has 1 aromatic heterocycles. The van der Waals surface area contributed by atoms with Gasteiger partial charge in [-0.25, -0.2) is 0 Å². The molecular formula is C12H18N2O3S. The van der Waals surface area contributed by atoms with E-state index in [1.54, 1.807) is 6.07 Å². The van der Waals surface area contributed by atoms with Crippen molar-refractivity contribution >= 4 is 16.3 Å². The summed E-state index contributed by atoms with van der Waals surface area (Å²) in [6.07, 6.45) is 3.82. The van der Waals surface area contributed by atoms with Gasteiger partial charge in [0.1, 0.15) is 0 Å². The number of nitrogens with zero attached hydrogens (tertiary/aromatic N) is 1. The van der Waals surface area contributed by atoms with Gasteiger partial charge in [0.25, 0.3) is 0 Å². The van der Waals surface area contributed by atoms with E-state index in [4.69, 9.17) is 0 Å². The molecule has 2 rings (SSSR count). The van der Waals surface area contributed by atoms with Crippen LogP contribution in [0, 0.1) is 16.0 Å². The van der Waals surface area contributed by atoms with Crippen LogP contribution in [0.1, 0.15) is 31.2 Å². The van der Waals surface area contributed by atoms with Gasteiger partial charge in [0, 0.05) is 18.0 Å². The number of hydrogen-bond donors (Lipinski definition) is 2. The molecule has 1 saturated carbocycles. The molecular weight excluding hydrogens is 252 g/mol. The first-order chi connectivity index (χ1) is 8.65. The lowest BCUT2D eigenvalue weighted by Crippen LogP contribution is -2.27. The van der Waals surface area contributed by atoms with E-state index in [2.05, 4.69) is 5.32 Å². The van der Waals surface area contributed by atoms with E-state index in [1.165, 1.54) is 11.3 Å². The van der Waals surface area contributed by atoms with E-state index in [-0.39, 0.29) is 16.0 Å². The average Bonchev–Trinajstić information content (AvgIpc) is 2.81. The minimum atomic E-state index is -0.351. The second kappa shape index (κ2) is 6.26. The van der Waals surface area contributed by atoms with Gasteiger partial charge < -0.3 is 10.4 Å². The molecule has 0 radical (unpaired) electrons. The van der Waals surface area contributed by atoms with Crippen molar-refractivity contribution < 1.29 is 10.0 Å². The Morgan fingerprint density at radius 2 is 2.17 bits per heavy atom. The molecule has 0 spiro atoms. The van der Waals surface area contributed by atoms with Crippen molar-refractivity contribution in [3.05, 3.63) is 27.1 Å². The molecule has 0 amide bonds. The molecule has 1 aliphatic rings. The quantitative estimate of drug-likeness (QED) is 0.636. The van der Waals surface area contributed by atoms with Gasteiger partial charge in [-0.2, -0.15) is 0 Å². The number of rotatable bonds is 5. The lowest BCUT2D eigenvalue weighted by molar-refractivity contribution is -0.380. The molecule has 0 unspecified atom stereocenters. The summed E-state index contributed by atoms with van der Waals surface area (Å²) in [6, 6.07) is 1.63. The summed E-state index contributed by atoms with van der Waals surface area (Å²) >= 11 is 1.17. The fraction of sp³-hybridized carbons (Fsp3) is 0.667. The number of thiophene rings is 1. The molecule has 0 aromatic carbocycles. The van der Waals surface area contributed by atoms with Crippen molar-refractivity contribution in [1.82, 2.24) is 5.32 Å². The summed E-state index contributed by atoms with van der Waals surface area (Å²) < 4.78 is 0. The van der Waals surface area contributed by atoms with Crippen molar-refractivity contribution in [1.29, 1.82) is 0 Å². The molecule has 0 atom stereocenters. The van der Waals surface area contributed by atoms with Crippen LogP contribution in [-0.4, -0.2) is 22.7 Å². The Balaban J connectivity index is 1.70. The van der Waals surface area contributed by atoms with Crippen molar-refractivity contribution in [3.63, 3.8) is 0 Å². The first kappa shape index (κ1) is 13.5. The Bertz CT molecular complexity index is 400. The van der Waals surface area contributed by atoms with Crippen LogP contribution in [-0.2, 0) is 6.54 Å². The zero-order valence-corrected chi connectivity index (χ0v) is 11.0. The Morgan fingerprint density at radius 1 is 1.44 bits per heavy atom. The summed E-state index contributed by atoms with van der Waals surface area (Å²) in [5, 5.41) is 25.3. The number of nitrogens with one attached hydrogen (secondary N) is 1. The van der Waals surface area contributed by atoms with Crippen LogP contribution in [0.2, 0.25) is 0 Å². The van der Waals surface area contributed by atoms with Gasteiger partial charge in [0.15, 0.2) is 0 Å². The van der Waals surface area contributed by atoms with E-state index < -0.39 is 0 Å². The minimum Gasteiger partial charge on any atom is -0.393 e. The highest BCUT2D eigenvalue weighted by Gasteiger charge is 2.18. The van der Waals surface area contributed by atoms with Crippen LogP contribution in [0.25, 0.3) is 0 Å². The molecule has 0 bridgehead atoms. The highest BCUT2D eigenvalue weighted by molar-refractivity contribution is 7.13. The molecule has 5 nitrogen and oxygen atoms in total. The summed E-state index contributed by atoms with van der Waals surface area (Å²) in [4.78, 5) is 10.2. The Morgan fingerprint density at radius 3 is 2.78 bits per heavy atom. The molecule has 2 N–H and O–H groups in total. The normalized spacial score (nSPS) is 24.1. The molecule has 100 valence electrons. The first-order valence-electron chi connectivity index (χ1n) is 6.25. The molecule has 1 heterocycles. The maximum absolute atomic E-state index is 10.5. The molecule has 1 aromatic rings. The molecule has 0 aliphatic heterocycles. The standard InChI is InChI=1S/C12H18N2O3S/c15-11-3-1-9(2-4-11)6-13-7-10-5-12(14(16)17)18-8-10/h5,8-9,11,13,15H,1-4,6-7H2. The fourth-order valence-electron chi connectivity index (χ4n) is 2.32. The monoisotopic (exact) mass is 270 g/mol. The lowest BCUT2D eigenvalue weighted by Gasteiger charge is -2.25. The zero-order valence-electron chi connectivity index (χ0n) is 10.2. The summed E-state index contributed by atoms with van der Waals surface area (Å²) in [5.41, 5.74) is 0.975. The van der Waals surface area contributed by atoms with E-state index in [1.807, 2.05) is 5.38 Å². The Kier molecular flexibility index (Phi) is 4.68. The predicted molar refractivity (Wildman–Crippen MR) is 70.6 cm³/mol. The number of hydrogen-bond acceptors (Lipinski definition) is 5. The van der Waals surface area contributed by atoms with Crippen LogP contribution in [0.4, 0.5) is 5.00 Å². The van der Waals surface area contributed by atoms with Crippen molar-refractivity contribution in [3.8, 4) is 0 Å². The first-order valence-corrected chi connectivity index (χ1v) is 7.13. The van der Waals surface area contributed by atoms with E-state index in [0.717, 1.165) is 37.8 Å². The summed E-state index contributed by atoms with van der Waals surface area (Å²) in [7, 11) is 0. The predicted octanol–water partition coefficient (Wildman–Crippen LogP) is 2.30. The highest BCUT2D eigenvalue weighted by Crippen LogP contribution is 2.24. The topological polar surface area (TPSA) is 75.4 Å². The number of aliphatic hydroxyl groups is 1. The third-order valence-corrected chi connectivity index (χ3v) is 4.33. The number of aliphatic hydroxyl groups excluding tert-OH is 1. The highest BCUT2D eigenvalue weighted by atomic mass is 32.1. The van der Waals surface area contributed by atoms with Gasteiger partial charge in [-0.3, -0.25) is 10.1 Å². The van der Waals surface area contributed by atoms with Gasteiger partial charge in [-0.15, -0.1) is 0 Å². The lowest BCUT2D eigenvalue weighted by atomic mass is 9.87. The maximum atomic E-state index is 10.5. The van der Waals surface area contributed by atoms with Crippen LogP contribution >= 0.6 is 11.3 Å². The largest absolute Gasteiger partial charge is 0.393 e. The van der Waals surface area contributed by atoms with Crippen LogP contribution in [0.15, 0.2) is 11.4 Å². The Hall–Kier alpha value is -0.980. The van der Waals surface area contributed by atoms with Crippen LogP contribution in [0.3, 0.4) is 0 Å². The minimum absolute atomic E-state index is 0.110. The van der Waals surface area contributed by atoms with Crippen molar-refractivity contribution in [2.75, 3.05) is 6.54 Å². The van der Waals surface area contributed by atoms with Gasteiger partial charge in [-0.05, 0) is 43.7 Å². The van der Waals surface area contributed by atoms with Gasteiger partial charge in [-0.1, -0.05) is 11.3 Å². The van der Waals surface area contributed by atoms with Gasteiger partial charge in [0.05, 0.1) is 11.0 Å². The number of nitro groups is 1. The maximum Gasteiger partial charge on any atom is 0.324 e. The Labute approximate surface area is 110 Å². The third kappa shape index (κ3) is 3.76. The van der Waals surface area contributed by atoms with Crippen molar-refractivity contribution in [2.24, 2.45) is 5.92 Å². The summed E-state index contributed by atoms with van der Waals surface area (Å²) in [6.45, 7) is 1.61. The SMILES string of the molecule is O=[N+]([O-])c1cc(CNCC2CCC(O)CC2)cs1. The van der Waals surface area contributed by atoms with Crippen LogP contribution < -0.4 is 5.32 Å². The molecule has 6 heteroatoms. The molecule has 1 aliphatic carbocycles. The zero-order chi connectivity index (χ0) is 13.0. The van der Waals surface area contributed by atoms with E-state index in [9.17, 15) is 15.2 Å². The molecule has 18 heavy (non-hydrogen) atoms. The van der Waals surface area contributed by atoms with E-state index >= 15 is 0 Å². The van der Waals surface area contributed by atoms with Gasteiger partial charge >= 0.3 is 5.00 Å². The smallest absolute Gasteiger partial charge is 0.324 e. The van der Waals surface area contributed by atoms with Crippen LogP contribution in [0.5, 0.6) is 0 Å². The fourth-order valence-corrected chi connectivity index (χ4v) is 3.05. The molecule has 1 fully saturated rings. The molecule has 0 saturated heterocycles. The second-order valence-electron chi connectivity index (χ2n) is 4.86. The average molecular weight is 270 g/mol.